The summed E-state index contributed by atoms with van der Waals surface area (Å²) >= 11 is 0. The first kappa shape index (κ1) is 31.1. The molecule has 0 saturated heterocycles. The monoisotopic (exact) mass is 475 g/mol. The van der Waals surface area contributed by atoms with Crippen molar-refractivity contribution in [1.82, 2.24) is 0 Å². The third-order valence-electron chi connectivity index (χ3n) is 7.64. The molecule has 1 aliphatic heterocycles. The van der Waals surface area contributed by atoms with Gasteiger partial charge >= 0.3 is 5.91 Å². The zero-order valence-corrected chi connectivity index (χ0v) is 23.4. The highest BCUT2D eigenvalue weighted by Gasteiger charge is 2.37. The quantitative estimate of drug-likeness (QED) is 0.101. The molecule has 0 bridgehead atoms. The molecule has 1 rings (SSSR count). The molecule has 1 unspecified atom stereocenters. The zero-order valence-electron chi connectivity index (χ0n) is 23.4. The maximum atomic E-state index is 13.0. The van der Waals surface area contributed by atoms with Crippen molar-refractivity contribution in [3.8, 4) is 0 Å². The molecule has 0 radical (unpaired) electrons. The van der Waals surface area contributed by atoms with Gasteiger partial charge in [0.2, 0.25) is 5.84 Å². The average Bonchev–Trinajstić information content (AvgIpc) is 3.22. The molecule has 0 saturated carbocycles. The van der Waals surface area contributed by atoms with Crippen LogP contribution in [0.2, 0.25) is 0 Å². The van der Waals surface area contributed by atoms with Crippen LogP contribution in [-0.4, -0.2) is 23.3 Å². The number of unbranched alkanes of at least 4 members (excludes halogenated alkanes) is 20. The van der Waals surface area contributed by atoms with Crippen LogP contribution in [-0.2, 0) is 4.79 Å². The summed E-state index contributed by atoms with van der Waals surface area (Å²) in [5.41, 5.74) is 0. The Kier molecular flexibility index (Phi) is 19.5. The Morgan fingerprint density at radius 3 is 1.44 bits per heavy atom. The van der Waals surface area contributed by atoms with Crippen molar-refractivity contribution in [3.63, 3.8) is 0 Å². The van der Waals surface area contributed by atoms with Crippen LogP contribution >= 0.6 is 0 Å². The van der Waals surface area contributed by atoms with Crippen LogP contribution in [0.3, 0.4) is 0 Å². The van der Waals surface area contributed by atoms with Gasteiger partial charge in [0.05, 0.1) is 19.7 Å². The topological polar surface area (TPSA) is 29.4 Å². The standard InChI is InChI=1S/C31H59N2O/c1-4-6-8-10-12-14-16-17-18-20-22-24-26-30-32-28-29-33(30,3)31(34)27-25-23-21-19-15-13-11-9-7-5-2/h28-29H,4-27H2,1-3H3/q+1. The second-order valence-electron chi connectivity index (χ2n) is 10.9. The molecule has 198 valence electrons. The molecule has 0 aliphatic carbocycles. The zero-order chi connectivity index (χ0) is 24.7. The summed E-state index contributed by atoms with van der Waals surface area (Å²) in [7, 11) is 2.04. The molecule has 0 aromatic heterocycles. The third-order valence-corrected chi connectivity index (χ3v) is 7.64. The molecule has 0 N–H and O–H groups in total. The molecule has 34 heavy (non-hydrogen) atoms. The first-order valence-electron chi connectivity index (χ1n) is 15.3. The van der Waals surface area contributed by atoms with Crippen LogP contribution in [0, 0.1) is 0 Å². The van der Waals surface area contributed by atoms with Gasteiger partial charge in [-0.1, -0.05) is 142 Å². The number of rotatable bonds is 24. The normalized spacial score (nSPS) is 17.4. The second kappa shape index (κ2) is 21.3. The molecule has 3 heteroatoms. The number of nitrogens with zero attached hydrogens (tertiary/aromatic N) is 2. The van der Waals surface area contributed by atoms with Crippen molar-refractivity contribution in [2.24, 2.45) is 4.99 Å². The molecular weight excluding hydrogens is 416 g/mol. The van der Waals surface area contributed by atoms with Gasteiger partial charge in [-0.2, -0.15) is 4.48 Å². The van der Waals surface area contributed by atoms with E-state index in [1.54, 1.807) is 0 Å². The highest BCUT2D eigenvalue weighted by atomic mass is 16.2. The second-order valence-corrected chi connectivity index (χ2v) is 10.9. The molecule has 1 atom stereocenters. The van der Waals surface area contributed by atoms with E-state index in [1.807, 2.05) is 19.4 Å². The van der Waals surface area contributed by atoms with Gasteiger partial charge < -0.3 is 0 Å². The molecule has 0 aromatic carbocycles. The number of carbonyl (C=O) groups excluding carboxylic acids is 1. The van der Waals surface area contributed by atoms with Gasteiger partial charge in [-0.25, -0.2) is 9.79 Å². The average molecular weight is 476 g/mol. The Balaban J connectivity index is 2.04. The predicted octanol–water partition coefficient (Wildman–Crippen LogP) is 10.2. The highest BCUT2D eigenvalue weighted by molar-refractivity contribution is 5.90. The fourth-order valence-electron chi connectivity index (χ4n) is 5.10. The van der Waals surface area contributed by atoms with Crippen molar-refractivity contribution in [2.45, 2.75) is 168 Å². The maximum absolute atomic E-state index is 13.0. The van der Waals surface area contributed by atoms with Crippen molar-refractivity contribution < 1.29 is 9.28 Å². The summed E-state index contributed by atoms with van der Waals surface area (Å²) in [5, 5.41) is 0. The number of hydrogen-bond donors (Lipinski definition) is 0. The molecule has 3 nitrogen and oxygen atoms in total. The van der Waals surface area contributed by atoms with Gasteiger partial charge in [0.15, 0.2) is 0 Å². The fourth-order valence-corrected chi connectivity index (χ4v) is 5.10. The third kappa shape index (κ3) is 14.4. The highest BCUT2D eigenvalue weighted by Crippen LogP contribution is 2.22. The van der Waals surface area contributed by atoms with Crippen LogP contribution in [0.4, 0.5) is 0 Å². The van der Waals surface area contributed by atoms with Gasteiger partial charge in [0, 0.05) is 6.42 Å². The van der Waals surface area contributed by atoms with E-state index in [4.69, 9.17) is 0 Å². The van der Waals surface area contributed by atoms with Gasteiger partial charge in [-0.3, -0.25) is 0 Å². The Hall–Kier alpha value is -0.960. The van der Waals surface area contributed by atoms with E-state index < -0.39 is 0 Å². The summed E-state index contributed by atoms with van der Waals surface area (Å²) in [6.07, 6.45) is 35.0. The molecular formula is C31H59N2O+. The van der Waals surface area contributed by atoms with Crippen LogP contribution in [0.15, 0.2) is 17.4 Å². The van der Waals surface area contributed by atoms with Crippen molar-refractivity contribution in [3.05, 3.63) is 12.4 Å². The van der Waals surface area contributed by atoms with Crippen LogP contribution in [0.1, 0.15) is 168 Å². The predicted molar refractivity (Wildman–Crippen MR) is 150 cm³/mol. The minimum atomic E-state index is 0.325. The molecule has 0 aromatic rings. The van der Waals surface area contributed by atoms with E-state index in [9.17, 15) is 4.79 Å². The van der Waals surface area contributed by atoms with Crippen LogP contribution in [0.25, 0.3) is 0 Å². The Morgan fingerprint density at radius 2 is 1.00 bits per heavy atom. The van der Waals surface area contributed by atoms with Gasteiger partial charge in [0.25, 0.3) is 0 Å². The number of amides is 1. The van der Waals surface area contributed by atoms with Crippen LogP contribution < -0.4 is 0 Å². The van der Waals surface area contributed by atoms with E-state index in [0.717, 1.165) is 25.1 Å². The molecule has 1 amide bonds. The van der Waals surface area contributed by atoms with Crippen LogP contribution in [0.5, 0.6) is 0 Å². The number of carbonyl (C=O) groups is 1. The Bertz CT molecular complexity index is 554. The van der Waals surface area contributed by atoms with Gasteiger partial charge in [-0.15, -0.1) is 0 Å². The largest absolute Gasteiger partial charge is 0.324 e. The Morgan fingerprint density at radius 1 is 0.618 bits per heavy atom. The molecule has 0 fully saturated rings. The number of amidine groups is 1. The summed E-state index contributed by atoms with van der Waals surface area (Å²) in [6, 6.07) is 0. The minimum Gasteiger partial charge on any atom is -0.230 e. The van der Waals surface area contributed by atoms with Crippen molar-refractivity contribution in [1.29, 1.82) is 0 Å². The number of quaternary nitrogens is 1. The SMILES string of the molecule is CCCCCCCCCCCCCCC1=NC=C[N+]1(C)C(=O)CCCCCCCCCCCC. The summed E-state index contributed by atoms with van der Waals surface area (Å²) in [6.45, 7) is 4.56. The van der Waals surface area contributed by atoms with E-state index in [1.165, 1.54) is 128 Å². The summed E-state index contributed by atoms with van der Waals surface area (Å²) in [4.78, 5) is 17.6. The van der Waals surface area contributed by atoms with E-state index in [0.29, 0.717) is 16.8 Å². The van der Waals surface area contributed by atoms with Crippen molar-refractivity contribution in [2.75, 3.05) is 7.05 Å². The number of aliphatic imine (C=N–C) groups is 1. The summed E-state index contributed by atoms with van der Waals surface area (Å²) in [5.74, 6) is 1.38. The lowest BCUT2D eigenvalue weighted by atomic mass is 10.0. The molecule has 1 heterocycles. The lowest BCUT2D eigenvalue weighted by Crippen LogP contribution is -2.47. The molecule has 1 aliphatic rings. The minimum absolute atomic E-state index is 0.325. The first-order chi connectivity index (χ1) is 16.6. The van der Waals surface area contributed by atoms with E-state index in [2.05, 4.69) is 18.8 Å². The maximum Gasteiger partial charge on any atom is 0.324 e. The van der Waals surface area contributed by atoms with Crippen molar-refractivity contribution >= 4 is 11.7 Å². The first-order valence-corrected chi connectivity index (χ1v) is 15.3. The van der Waals surface area contributed by atoms with E-state index in [-0.39, 0.29) is 0 Å². The Labute approximate surface area is 213 Å². The number of hydrogen-bond acceptors (Lipinski definition) is 2. The summed E-state index contributed by atoms with van der Waals surface area (Å²) < 4.78 is 0.329. The lowest BCUT2D eigenvalue weighted by Gasteiger charge is -2.25. The smallest absolute Gasteiger partial charge is 0.230 e. The fraction of sp³-hybridized carbons (Fsp3) is 0.871. The lowest BCUT2D eigenvalue weighted by molar-refractivity contribution is -0.683. The molecule has 0 spiro atoms. The van der Waals surface area contributed by atoms with E-state index >= 15 is 0 Å². The van der Waals surface area contributed by atoms with Gasteiger partial charge in [0.1, 0.15) is 6.20 Å². The van der Waals surface area contributed by atoms with Gasteiger partial charge in [-0.05, 0) is 12.8 Å².